The van der Waals surface area contributed by atoms with E-state index in [0.717, 1.165) is 16.4 Å². The summed E-state index contributed by atoms with van der Waals surface area (Å²) in [6, 6.07) is 12.6. The first-order chi connectivity index (χ1) is 13.5. The van der Waals surface area contributed by atoms with Crippen molar-refractivity contribution in [1.82, 2.24) is 15.3 Å². The van der Waals surface area contributed by atoms with Crippen molar-refractivity contribution in [3.8, 4) is 0 Å². The van der Waals surface area contributed by atoms with E-state index in [1.165, 1.54) is 0 Å². The van der Waals surface area contributed by atoms with Crippen LogP contribution in [0.15, 0.2) is 59.3 Å². The second kappa shape index (κ2) is 7.11. The summed E-state index contributed by atoms with van der Waals surface area (Å²) in [5, 5.41) is 7.19. The molecule has 0 fully saturated rings. The lowest BCUT2D eigenvalue weighted by Crippen LogP contribution is -2.37. The lowest BCUT2D eigenvalue weighted by molar-refractivity contribution is -0.136. The monoisotopic (exact) mass is 374 g/mol. The number of furan rings is 1. The molecular weight excluding hydrogens is 356 g/mol. The maximum Gasteiger partial charge on any atom is 0.313 e. The Kier molecular flexibility index (Phi) is 4.49. The topological polar surface area (TPSA) is 97.1 Å². The number of fused-ring (bicyclic) bond motifs is 3. The van der Waals surface area contributed by atoms with E-state index in [4.69, 9.17) is 4.42 Å². The first kappa shape index (κ1) is 17.7. The Morgan fingerprint density at radius 3 is 2.54 bits per heavy atom. The Bertz CT molecular complexity index is 1200. The van der Waals surface area contributed by atoms with Crippen LogP contribution in [0.4, 0.5) is 5.69 Å². The SMILES string of the molecule is Cc1nccnc1C(C)NC(=O)C(=O)Nc1ccc2c(c1)oc1ccccc12. The van der Waals surface area contributed by atoms with Gasteiger partial charge in [-0.2, -0.15) is 0 Å². The first-order valence-electron chi connectivity index (χ1n) is 8.83. The maximum atomic E-state index is 12.3. The van der Waals surface area contributed by atoms with Gasteiger partial charge < -0.3 is 15.1 Å². The fraction of sp³-hybridized carbons (Fsp3) is 0.143. The summed E-state index contributed by atoms with van der Waals surface area (Å²) in [5.74, 6) is -1.51. The maximum absolute atomic E-state index is 12.3. The number of nitrogens with one attached hydrogen (secondary N) is 2. The summed E-state index contributed by atoms with van der Waals surface area (Å²) in [6.45, 7) is 3.55. The summed E-state index contributed by atoms with van der Waals surface area (Å²) < 4.78 is 5.80. The van der Waals surface area contributed by atoms with Gasteiger partial charge in [-0.3, -0.25) is 19.6 Å². The van der Waals surface area contributed by atoms with Crippen molar-refractivity contribution >= 4 is 39.4 Å². The molecule has 2 amide bonds. The number of carbonyl (C=O) groups is 2. The fourth-order valence-electron chi connectivity index (χ4n) is 3.17. The van der Waals surface area contributed by atoms with Crippen LogP contribution in [-0.2, 0) is 9.59 Å². The molecule has 0 aliphatic heterocycles. The minimum Gasteiger partial charge on any atom is -0.456 e. The quantitative estimate of drug-likeness (QED) is 0.535. The predicted molar refractivity (Wildman–Crippen MR) is 106 cm³/mol. The number of nitrogens with zero attached hydrogens (tertiary/aromatic N) is 2. The molecule has 0 saturated heterocycles. The van der Waals surface area contributed by atoms with Gasteiger partial charge in [0.25, 0.3) is 0 Å². The highest BCUT2D eigenvalue weighted by Crippen LogP contribution is 2.30. The lowest BCUT2D eigenvalue weighted by Gasteiger charge is -2.14. The van der Waals surface area contributed by atoms with Crippen LogP contribution in [0.2, 0.25) is 0 Å². The van der Waals surface area contributed by atoms with Gasteiger partial charge in [0.05, 0.1) is 17.4 Å². The number of hydrogen-bond acceptors (Lipinski definition) is 5. The molecule has 0 radical (unpaired) electrons. The third-order valence-corrected chi connectivity index (χ3v) is 4.52. The standard InChI is InChI=1S/C21H18N4O3/c1-12-19(23-10-9-22-12)13(2)24-20(26)21(27)25-14-7-8-16-15-5-3-4-6-17(15)28-18(16)11-14/h3-11,13H,1-2H3,(H,24,26)(H,25,27). The minimum absolute atomic E-state index is 0.440. The zero-order valence-corrected chi connectivity index (χ0v) is 15.4. The van der Waals surface area contributed by atoms with E-state index >= 15 is 0 Å². The van der Waals surface area contributed by atoms with Crippen molar-refractivity contribution in [2.45, 2.75) is 19.9 Å². The molecule has 2 aromatic carbocycles. The lowest BCUT2D eigenvalue weighted by atomic mass is 10.1. The Labute approximate surface area is 160 Å². The van der Waals surface area contributed by atoms with Gasteiger partial charge in [0.1, 0.15) is 11.2 Å². The van der Waals surface area contributed by atoms with Crippen LogP contribution >= 0.6 is 0 Å². The van der Waals surface area contributed by atoms with Crippen LogP contribution in [0.3, 0.4) is 0 Å². The van der Waals surface area contributed by atoms with Crippen LogP contribution in [0.25, 0.3) is 21.9 Å². The Balaban J connectivity index is 1.49. The van der Waals surface area contributed by atoms with Crippen molar-refractivity contribution < 1.29 is 14.0 Å². The van der Waals surface area contributed by atoms with Crippen LogP contribution in [0.1, 0.15) is 24.4 Å². The minimum atomic E-state index is -0.760. The number of hydrogen-bond donors (Lipinski definition) is 2. The van der Waals surface area contributed by atoms with E-state index in [2.05, 4.69) is 20.6 Å². The molecule has 0 spiro atoms. The molecule has 0 bridgehead atoms. The molecule has 0 aliphatic rings. The second-order valence-corrected chi connectivity index (χ2v) is 6.49. The highest BCUT2D eigenvalue weighted by Gasteiger charge is 2.19. The Morgan fingerprint density at radius 2 is 1.71 bits per heavy atom. The van der Waals surface area contributed by atoms with Crippen molar-refractivity contribution in [3.63, 3.8) is 0 Å². The van der Waals surface area contributed by atoms with Gasteiger partial charge in [-0.25, -0.2) is 0 Å². The molecule has 7 nitrogen and oxygen atoms in total. The largest absolute Gasteiger partial charge is 0.456 e. The summed E-state index contributed by atoms with van der Waals surface area (Å²) in [4.78, 5) is 32.9. The van der Waals surface area contributed by atoms with Crippen molar-refractivity contribution in [3.05, 3.63) is 66.2 Å². The number of aromatic nitrogens is 2. The van der Waals surface area contributed by atoms with E-state index in [9.17, 15) is 9.59 Å². The molecule has 2 N–H and O–H groups in total. The number of para-hydroxylation sites is 1. The number of rotatable bonds is 3. The Morgan fingerprint density at radius 1 is 0.964 bits per heavy atom. The van der Waals surface area contributed by atoms with Gasteiger partial charge in [0, 0.05) is 34.9 Å². The average molecular weight is 374 g/mol. The van der Waals surface area contributed by atoms with Crippen molar-refractivity contribution in [1.29, 1.82) is 0 Å². The van der Waals surface area contributed by atoms with Crippen LogP contribution in [0.5, 0.6) is 0 Å². The molecule has 2 aromatic heterocycles. The Hall–Kier alpha value is -3.74. The second-order valence-electron chi connectivity index (χ2n) is 6.49. The fourth-order valence-corrected chi connectivity index (χ4v) is 3.17. The summed E-state index contributed by atoms with van der Waals surface area (Å²) in [7, 11) is 0. The number of aryl methyl sites for hydroxylation is 1. The van der Waals surface area contributed by atoms with E-state index in [1.807, 2.05) is 30.3 Å². The normalized spacial score (nSPS) is 12.1. The molecule has 0 aliphatic carbocycles. The summed E-state index contributed by atoms with van der Waals surface area (Å²) in [5.41, 5.74) is 3.21. The molecule has 2 heterocycles. The van der Waals surface area contributed by atoms with E-state index in [0.29, 0.717) is 22.7 Å². The summed E-state index contributed by atoms with van der Waals surface area (Å²) >= 11 is 0. The van der Waals surface area contributed by atoms with Gasteiger partial charge in [0.2, 0.25) is 0 Å². The average Bonchev–Trinajstić information content (AvgIpc) is 3.05. The molecule has 28 heavy (non-hydrogen) atoms. The molecule has 140 valence electrons. The number of anilines is 1. The van der Waals surface area contributed by atoms with Gasteiger partial charge in [-0.05, 0) is 32.0 Å². The van der Waals surface area contributed by atoms with Crippen LogP contribution in [-0.4, -0.2) is 21.8 Å². The zero-order chi connectivity index (χ0) is 19.7. The summed E-state index contributed by atoms with van der Waals surface area (Å²) in [6.07, 6.45) is 3.13. The highest BCUT2D eigenvalue weighted by atomic mass is 16.3. The van der Waals surface area contributed by atoms with Crippen molar-refractivity contribution in [2.24, 2.45) is 0 Å². The third kappa shape index (κ3) is 3.29. The first-order valence-corrected chi connectivity index (χ1v) is 8.83. The molecule has 4 aromatic rings. The molecule has 1 atom stereocenters. The van der Waals surface area contributed by atoms with Crippen LogP contribution < -0.4 is 10.6 Å². The van der Waals surface area contributed by atoms with Gasteiger partial charge in [-0.1, -0.05) is 18.2 Å². The van der Waals surface area contributed by atoms with E-state index in [1.54, 1.807) is 38.4 Å². The van der Waals surface area contributed by atoms with E-state index in [-0.39, 0.29) is 0 Å². The number of carbonyl (C=O) groups excluding carboxylic acids is 2. The van der Waals surface area contributed by atoms with E-state index < -0.39 is 17.9 Å². The molecule has 4 rings (SSSR count). The van der Waals surface area contributed by atoms with Gasteiger partial charge in [0.15, 0.2) is 0 Å². The highest BCUT2D eigenvalue weighted by molar-refractivity contribution is 6.39. The van der Waals surface area contributed by atoms with Crippen molar-refractivity contribution in [2.75, 3.05) is 5.32 Å². The van der Waals surface area contributed by atoms with Gasteiger partial charge in [-0.15, -0.1) is 0 Å². The molecule has 1 unspecified atom stereocenters. The molecule has 7 heteroatoms. The number of benzene rings is 2. The van der Waals surface area contributed by atoms with Crippen LogP contribution in [0, 0.1) is 6.92 Å². The van der Waals surface area contributed by atoms with Gasteiger partial charge >= 0.3 is 11.8 Å². The predicted octanol–water partition coefficient (Wildman–Crippen LogP) is 3.50. The smallest absolute Gasteiger partial charge is 0.313 e. The number of amides is 2. The molecule has 0 saturated carbocycles. The third-order valence-electron chi connectivity index (χ3n) is 4.52. The molecular formula is C21H18N4O3. The zero-order valence-electron chi connectivity index (χ0n) is 15.4.